The van der Waals surface area contributed by atoms with E-state index in [-0.39, 0.29) is 36.6 Å². The van der Waals surface area contributed by atoms with Crippen LogP contribution in [0, 0.1) is 0 Å². The van der Waals surface area contributed by atoms with Crippen molar-refractivity contribution in [3.8, 4) is 0 Å². The minimum absolute atomic E-state index is 0.281. The molecule has 0 N–H and O–H groups in total. The molecule has 0 fully saturated rings. The van der Waals surface area contributed by atoms with Crippen molar-refractivity contribution in [2.24, 2.45) is 0 Å². The zero-order valence-electron chi connectivity index (χ0n) is 29.0. The van der Waals surface area contributed by atoms with Crippen LogP contribution in [-0.2, 0) is 9.59 Å². The van der Waals surface area contributed by atoms with E-state index in [2.05, 4.69) is 0 Å². The average molecular weight is 959 g/mol. The quantitative estimate of drug-likeness (QED) is 0.0849. The molecule has 0 aromatic carbocycles. The highest BCUT2D eigenvalue weighted by Crippen LogP contribution is 2.62. The fraction of sp³-hybridized carbons (Fsp3) is 0.923. The first-order valence-electron chi connectivity index (χ1n) is 14.8. The first-order chi connectivity index (χ1) is 24.9. The van der Waals surface area contributed by atoms with Gasteiger partial charge in [0.05, 0.1) is 28.2 Å². The highest BCUT2D eigenvalue weighted by Gasteiger charge is 2.92. The topological polar surface area (TPSA) is 34.1 Å². The lowest BCUT2D eigenvalue weighted by Gasteiger charge is -2.39. The lowest BCUT2D eigenvalue weighted by atomic mass is 9.93. The molecule has 0 unspecified atom stereocenters. The summed E-state index contributed by atoms with van der Waals surface area (Å²) in [6.07, 6.45) is -20.5. The van der Waals surface area contributed by atoms with Crippen LogP contribution in [0.2, 0.25) is 0 Å². The van der Waals surface area contributed by atoms with Crippen molar-refractivity contribution in [2.75, 3.05) is 65.9 Å². The SMILES string of the molecule is C[N+](C)(CC[N+](C)(C)CC(=O)SCCC(F)(F)C(F)(F)C(F)(F)C(F)(F)C(F)(F)C(F)(F)F)CC(=O)SCCC(F)(F)C(F)(F)C(F)(F)C(F)(F)C(F)(F)C(F)(F)F. The van der Waals surface area contributed by atoms with Gasteiger partial charge in [0.25, 0.3) is 0 Å². The van der Waals surface area contributed by atoms with Gasteiger partial charge in [0.15, 0.2) is 0 Å². The molecule has 4 nitrogen and oxygen atoms in total. The van der Waals surface area contributed by atoms with Gasteiger partial charge < -0.3 is 8.97 Å². The van der Waals surface area contributed by atoms with Crippen molar-refractivity contribution in [1.29, 1.82) is 0 Å². The molecule has 0 saturated carbocycles. The first-order valence-corrected chi connectivity index (χ1v) is 16.7. The zero-order valence-corrected chi connectivity index (χ0v) is 30.6. The maximum Gasteiger partial charge on any atom is 0.460 e. The van der Waals surface area contributed by atoms with Crippen LogP contribution in [0.3, 0.4) is 0 Å². The lowest BCUT2D eigenvalue weighted by Crippen LogP contribution is -2.70. The van der Waals surface area contributed by atoms with Gasteiger partial charge in [-0.25, -0.2) is 0 Å². The molecule has 0 aliphatic heterocycles. The number of nitrogens with zero attached hydrogens (tertiary/aromatic N) is 2. The number of alkyl halides is 26. The Bertz CT molecular complexity index is 1330. The molecular weight excluding hydrogens is 930 g/mol. The van der Waals surface area contributed by atoms with E-state index in [4.69, 9.17) is 0 Å². The van der Waals surface area contributed by atoms with Crippen LogP contribution in [-0.4, -0.2) is 157 Å². The molecule has 0 aromatic rings. The number of likely N-dealkylation sites (N-methyl/N-ethyl adjacent to an activating group) is 2. The minimum atomic E-state index is -8.11. The van der Waals surface area contributed by atoms with Gasteiger partial charge in [-0.3, -0.25) is 9.59 Å². The van der Waals surface area contributed by atoms with Gasteiger partial charge in [-0.2, -0.15) is 114 Å². The smallest absolute Gasteiger partial charge is 0.317 e. The largest absolute Gasteiger partial charge is 0.460 e. The molecule has 0 aromatic heterocycles. The second-order valence-electron chi connectivity index (χ2n) is 13.6. The summed E-state index contributed by atoms with van der Waals surface area (Å²) < 4.78 is 343. The fourth-order valence-corrected chi connectivity index (χ4v) is 6.05. The van der Waals surface area contributed by atoms with Gasteiger partial charge in [0, 0.05) is 24.3 Å². The van der Waals surface area contributed by atoms with E-state index in [1.54, 1.807) is 0 Å². The molecule has 0 aliphatic rings. The monoisotopic (exact) mass is 958 g/mol. The maximum atomic E-state index is 14.0. The summed E-state index contributed by atoms with van der Waals surface area (Å²) in [5.74, 6) is -79.4. The summed E-state index contributed by atoms with van der Waals surface area (Å²) >= 11 is -0.691. The number of thioether (sulfide) groups is 2. The highest BCUT2D eigenvalue weighted by molar-refractivity contribution is 8.13. The standard InChI is InChI=1S/C26H28F26N2O2S2/c1-53(2,11-13(55)57-9-5-15(27,28)17(31,32)19(35,36)21(39,40)23(43,44)25(47,48)49)7-8-54(3,4)12-14(56)58-10-6-16(29,30)18(33,34)20(37,38)22(41,42)24(45,46)26(50,51)52/h5-12H2,1-4H3/q+2. The fourth-order valence-electron chi connectivity index (χ4n) is 3.99. The predicted octanol–water partition coefficient (Wildman–Crippen LogP) is 9.92. The van der Waals surface area contributed by atoms with Gasteiger partial charge in [0.2, 0.25) is 10.2 Å². The van der Waals surface area contributed by atoms with E-state index in [0.717, 1.165) is 0 Å². The molecule has 58 heavy (non-hydrogen) atoms. The van der Waals surface area contributed by atoms with Crippen molar-refractivity contribution in [2.45, 2.75) is 84.4 Å². The van der Waals surface area contributed by atoms with Gasteiger partial charge in [0.1, 0.15) is 26.2 Å². The van der Waals surface area contributed by atoms with Crippen molar-refractivity contribution >= 4 is 33.8 Å². The Labute approximate surface area is 317 Å². The van der Waals surface area contributed by atoms with Crippen LogP contribution in [0.25, 0.3) is 0 Å². The van der Waals surface area contributed by atoms with Crippen LogP contribution >= 0.6 is 23.5 Å². The van der Waals surface area contributed by atoms with Crippen molar-refractivity contribution < 1.29 is 133 Å². The van der Waals surface area contributed by atoms with E-state index in [9.17, 15) is 124 Å². The molecule has 0 radical (unpaired) electrons. The van der Waals surface area contributed by atoms with E-state index in [1.165, 1.54) is 28.2 Å². The van der Waals surface area contributed by atoms with Crippen LogP contribution in [0.5, 0.6) is 0 Å². The number of hydrogen-bond donors (Lipinski definition) is 0. The Hall–Kier alpha value is -1.86. The predicted molar refractivity (Wildman–Crippen MR) is 149 cm³/mol. The van der Waals surface area contributed by atoms with Gasteiger partial charge in [-0.15, -0.1) is 0 Å². The third kappa shape index (κ3) is 10.8. The first kappa shape index (κ1) is 56.1. The highest BCUT2D eigenvalue weighted by atomic mass is 32.2. The maximum absolute atomic E-state index is 14.0. The molecule has 346 valence electrons. The Morgan fingerprint density at radius 3 is 0.776 bits per heavy atom. The number of hydrogen-bond acceptors (Lipinski definition) is 4. The molecule has 0 bridgehead atoms. The van der Waals surface area contributed by atoms with E-state index in [1.807, 2.05) is 0 Å². The molecule has 32 heteroatoms. The molecule has 0 heterocycles. The van der Waals surface area contributed by atoms with Crippen LogP contribution in [0.1, 0.15) is 12.8 Å². The Morgan fingerprint density at radius 2 is 0.569 bits per heavy atom. The van der Waals surface area contributed by atoms with Gasteiger partial charge in [-0.1, -0.05) is 23.5 Å². The minimum Gasteiger partial charge on any atom is -0.317 e. The second-order valence-corrected chi connectivity index (χ2v) is 15.9. The Kier molecular flexibility index (Phi) is 16.2. The van der Waals surface area contributed by atoms with E-state index in [0.29, 0.717) is 0 Å². The summed E-state index contributed by atoms with van der Waals surface area (Å²) in [5.41, 5.74) is 0. The number of quaternary nitrogens is 2. The average Bonchev–Trinajstić information content (AvgIpc) is 2.97. The molecular formula is C26H28F26N2O2S2+2. The van der Waals surface area contributed by atoms with Crippen LogP contribution in [0.15, 0.2) is 0 Å². The van der Waals surface area contributed by atoms with Gasteiger partial charge >= 0.3 is 71.6 Å². The van der Waals surface area contributed by atoms with Crippen LogP contribution in [0.4, 0.5) is 114 Å². The summed E-state index contributed by atoms with van der Waals surface area (Å²) in [5, 5.41) is -2.49. The normalized spacial score (nSPS) is 15.9. The Morgan fingerprint density at radius 1 is 0.362 bits per heavy atom. The van der Waals surface area contributed by atoms with E-state index < -0.39 is 128 Å². The number of carbonyl (C=O) groups excluding carboxylic acids is 2. The summed E-state index contributed by atoms with van der Waals surface area (Å²) in [7, 11) is 4.70. The molecule has 0 atom stereocenters. The molecule has 0 saturated heterocycles. The third-order valence-electron chi connectivity index (χ3n) is 7.78. The molecule has 0 aliphatic carbocycles. The van der Waals surface area contributed by atoms with Crippen molar-refractivity contribution in [3.05, 3.63) is 0 Å². The molecule has 0 rings (SSSR count). The second kappa shape index (κ2) is 16.8. The Balaban J connectivity index is 5.42. The summed E-state index contributed by atoms with van der Waals surface area (Å²) in [6, 6.07) is 0. The molecule has 0 amide bonds. The lowest BCUT2D eigenvalue weighted by molar-refractivity contribution is -0.938. The number of carbonyl (C=O) groups is 2. The van der Waals surface area contributed by atoms with Crippen molar-refractivity contribution in [1.82, 2.24) is 0 Å². The van der Waals surface area contributed by atoms with E-state index >= 15 is 0 Å². The van der Waals surface area contributed by atoms with Gasteiger partial charge in [-0.05, 0) is 0 Å². The summed E-state index contributed by atoms with van der Waals surface area (Å²) in [4.78, 5) is 24.5. The zero-order chi connectivity index (χ0) is 47.2. The van der Waals surface area contributed by atoms with Crippen molar-refractivity contribution in [3.63, 3.8) is 0 Å². The number of rotatable bonds is 21. The summed E-state index contributed by atoms with van der Waals surface area (Å²) in [6.45, 7) is -2.17. The van der Waals surface area contributed by atoms with Crippen LogP contribution < -0.4 is 0 Å². The third-order valence-corrected chi connectivity index (χ3v) is 9.50. The molecule has 0 spiro atoms. The number of halogens is 26.